The summed E-state index contributed by atoms with van der Waals surface area (Å²) in [4.78, 5) is 12.4. The van der Waals surface area contributed by atoms with E-state index < -0.39 is 0 Å². The zero-order valence-electron chi connectivity index (χ0n) is 17.3. The van der Waals surface area contributed by atoms with Crippen LogP contribution in [0.2, 0.25) is 0 Å². The largest absolute Gasteiger partial charge is 0.497 e. The van der Waals surface area contributed by atoms with Gasteiger partial charge in [-0.05, 0) is 54.1 Å². The number of thioether (sulfide) groups is 1. The first kappa shape index (κ1) is 20.7. The maximum absolute atomic E-state index is 12.4. The fourth-order valence-electron chi connectivity index (χ4n) is 3.06. The van der Waals surface area contributed by atoms with Gasteiger partial charge in [-0.1, -0.05) is 42.1 Å². The second-order valence-corrected chi connectivity index (χ2v) is 7.84. The summed E-state index contributed by atoms with van der Waals surface area (Å²) in [7, 11) is 3.60. The van der Waals surface area contributed by atoms with Crippen LogP contribution in [0.3, 0.4) is 0 Å². The minimum Gasteiger partial charge on any atom is -0.497 e. The van der Waals surface area contributed by atoms with Gasteiger partial charge in [0.25, 0.3) is 5.91 Å². The fraction of sp³-hybridized carbons (Fsp3) is 0.125. The number of carbonyl (C=O) groups excluding carboxylic acids is 1. The predicted octanol–water partition coefficient (Wildman–Crippen LogP) is 5.04. The van der Waals surface area contributed by atoms with Crippen LogP contribution in [0.15, 0.2) is 84.0 Å². The highest BCUT2D eigenvalue weighted by Gasteiger charge is 2.12. The molecule has 4 aromatic rings. The number of nitrogens with one attached hydrogen (secondary N) is 1. The van der Waals surface area contributed by atoms with Crippen LogP contribution in [-0.4, -0.2) is 27.8 Å². The van der Waals surface area contributed by atoms with Crippen LogP contribution in [0.5, 0.6) is 5.75 Å². The number of ether oxygens (including phenoxy) is 1. The Hall–Kier alpha value is -3.58. The maximum Gasteiger partial charge on any atom is 0.255 e. The van der Waals surface area contributed by atoms with Crippen molar-refractivity contribution in [1.29, 1.82) is 0 Å². The first-order chi connectivity index (χ1) is 15.1. The molecular weight excluding hydrogens is 408 g/mol. The third-order valence-corrected chi connectivity index (χ3v) is 5.89. The Morgan fingerprint density at radius 2 is 1.68 bits per heavy atom. The Morgan fingerprint density at radius 3 is 2.35 bits per heavy atom. The summed E-state index contributed by atoms with van der Waals surface area (Å²) in [6.07, 6.45) is 0. The molecule has 6 nitrogen and oxygen atoms in total. The van der Waals surface area contributed by atoms with E-state index in [0.29, 0.717) is 5.56 Å². The van der Waals surface area contributed by atoms with Gasteiger partial charge in [0.2, 0.25) is 0 Å². The molecule has 0 atom stereocenters. The molecule has 1 aromatic heterocycles. The van der Waals surface area contributed by atoms with Gasteiger partial charge in [0.1, 0.15) is 5.75 Å². The topological polar surface area (TPSA) is 69.0 Å². The molecule has 156 valence electrons. The van der Waals surface area contributed by atoms with E-state index in [1.165, 1.54) is 0 Å². The third-order valence-electron chi connectivity index (χ3n) is 4.80. The van der Waals surface area contributed by atoms with Crippen LogP contribution in [0.25, 0.3) is 11.4 Å². The van der Waals surface area contributed by atoms with Gasteiger partial charge in [-0.25, -0.2) is 0 Å². The van der Waals surface area contributed by atoms with E-state index in [-0.39, 0.29) is 5.91 Å². The molecule has 0 aliphatic carbocycles. The number of methoxy groups -OCH3 is 1. The van der Waals surface area contributed by atoms with Gasteiger partial charge < -0.3 is 14.6 Å². The number of anilines is 1. The summed E-state index contributed by atoms with van der Waals surface area (Å²) in [5.74, 6) is 2.22. The van der Waals surface area contributed by atoms with E-state index in [1.54, 1.807) is 18.9 Å². The second-order valence-electron chi connectivity index (χ2n) is 6.90. The number of amides is 1. The van der Waals surface area contributed by atoms with Crippen molar-refractivity contribution in [3.8, 4) is 17.1 Å². The van der Waals surface area contributed by atoms with Gasteiger partial charge in [-0.2, -0.15) is 0 Å². The van der Waals surface area contributed by atoms with E-state index in [2.05, 4.69) is 15.5 Å². The van der Waals surface area contributed by atoms with Gasteiger partial charge in [-0.15, -0.1) is 10.2 Å². The van der Waals surface area contributed by atoms with E-state index in [9.17, 15) is 4.79 Å². The van der Waals surface area contributed by atoms with E-state index >= 15 is 0 Å². The predicted molar refractivity (Wildman–Crippen MR) is 123 cm³/mol. The van der Waals surface area contributed by atoms with Crippen LogP contribution in [-0.2, 0) is 12.8 Å². The molecular formula is C24H22N4O2S. The number of aromatic nitrogens is 3. The normalized spacial score (nSPS) is 10.6. The Balaban J connectivity index is 1.38. The van der Waals surface area contributed by atoms with Crippen molar-refractivity contribution >= 4 is 23.4 Å². The number of rotatable bonds is 7. The zero-order chi connectivity index (χ0) is 21.6. The number of para-hydroxylation sites is 1. The number of nitrogens with zero attached hydrogens (tertiary/aromatic N) is 3. The molecule has 0 radical (unpaired) electrons. The van der Waals surface area contributed by atoms with E-state index in [1.807, 2.05) is 90.5 Å². The highest BCUT2D eigenvalue weighted by atomic mass is 32.2. The molecule has 7 heteroatoms. The Kier molecular flexibility index (Phi) is 6.33. The van der Waals surface area contributed by atoms with Crippen LogP contribution in [0.4, 0.5) is 5.69 Å². The quantitative estimate of drug-likeness (QED) is 0.416. The fourth-order valence-corrected chi connectivity index (χ4v) is 3.92. The molecule has 31 heavy (non-hydrogen) atoms. The van der Waals surface area contributed by atoms with Crippen molar-refractivity contribution in [2.75, 3.05) is 12.4 Å². The molecule has 0 spiro atoms. The summed E-state index contributed by atoms with van der Waals surface area (Å²) in [6.45, 7) is 0. The molecule has 1 heterocycles. The molecule has 0 saturated heterocycles. The minimum absolute atomic E-state index is 0.122. The minimum atomic E-state index is -0.122. The van der Waals surface area contributed by atoms with Gasteiger partial charge in [-0.3, -0.25) is 4.79 Å². The van der Waals surface area contributed by atoms with Crippen LogP contribution >= 0.6 is 11.8 Å². The number of benzene rings is 3. The van der Waals surface area contributed by atoms with Gasteiger partial charge >= 0.3 is 0 Å². The average Bonchev–Trinajstić information content (AvgIpc) is 3.19. The summed E-state index contributed by atoms with van der Waals surface area (Å²) in [5, 5.41) is 12.4. The van der Waals surface area contributed by atoms with Crippen LogP contribution in [0, 0.1) is 0 Å². The summed E-state index contributed by atoms with van der Waals surface area (Å²) < 4.78 is 7.19. The van der Waals surface area contributed by atoms with Crippen molar-refractivity contribution in [2.45, 2.75) is 10.9 Å². The molecule has 0 unspecified atom stereocenters. The lowest BCUT2D eigenvalue weighted by Crippen LogP contribution is -2.11. The van der Waals surface area contributed by atoms with Gasteiger partial charge in [0.05, 0.1) is 7.11 Å². The Bertz CT molecular complexity index is 1160. The average molecular weight is 431 g/mol. The first-order valence-electron chi connectivity index (χ1n) is 9.76. The zero-order valence-corrected chi connectivity index (χ0v) is 18.1. The lowest BCUT2D eigenvalue weighted by Gasteiger charge is -2.07. The molecule has 0 bridgehead atoms. The van der Waals surface area contributed by atoms with Crippen LogP contribution < -0.4 is 10.1 Å². The van der Waals surface area contributed by atoms with Crippen molar-refractivity contribution < 1.29 is 9.53 Å². The lowest BCUT2D eigenvalue weighted by molar-refractivity contribution is 0.102. The number of carbonyl (C=O) groups is 1. The van der Waals surface area contributed by atoms with Gasteiger partial charge in [0.15, 0.2) is 11.0 Å². The Labute approximate surface area is 185 Å². The van der Waals surface area contributed by atoms with Gasteiger partial charge in [0, 0.05) is 29.6 Å². The molecule has 0 fully saturated rings. The van der Waals surface area contributed by atoms with E-state index in [4.69, 9.17) is 4.74 Å². The molecule has 1 amide bonds. The third kappa shape index (κ3) is 4.95. The first-order valence-corrected chi connectivity index (χ1v) is 10.7. The molecule has 0 aliphatic rings. The van der Waals surface area contributed by atoms with Crippen molar-refractivity contribution in [1.82, 2.24) is 14.8 Å². The molecule has 0 aliphatic heterocycles. The summed E-state index contributed by atoms with van der Waals surface area (Å²) >= 11 is 1.60. The number of hydrogen-bond acceptors (Lipinski definition) is 5. The summed E-state index contributed by atoms with van der Waals surface area (Å²) in [6, 6.07) is 24.8. The highest BCUT2D eigenvalue weighted by Crippen LogP contribution is 2.26. The lowest BCUT2D eigenvalue weighted by atomic mass is 10.1. The van der Waals surface area contributed by atoms with Crippen molar-refractivity contribution in [3.63, 3.8) is 0 Å². The SMILES string of the molecule is COc1ccc(-c2nnc(SCc3ccc(C(=O)Nc4ccccc4)cc3)n2C)cc1. The molecule has 3 aromatic carbocycles. The van der Waals surface area contributed by atoms with E-state index in [0.717, 1.165) is 39.3 Å². The number of hydrogen-bond donors (Lipinski definition) is 1. The second kappa shape index (κ2) is 9.49. The molecule has 1 N–H and O–H groups in total. The highest BCUT2D eigenvalue weighted by molar-refractivity contribution is 7.98. The van der Waals surface area contributed by atoms with Crippen LogP contribution in [0.1, 0.15) is 15.9 Å². The van der Waals surface area contributed by atoms with Crippen molar-refractivity contribution in [3.05, 3.63) is 90.0 Å². The molecule has 4 rings (SSSR count). The Morgan fingerprint density at radius 1 is 0.968 bits per heavy atom. The molecule has 0 saturated carbocycles. The smallest absolute Gasteiger partial charge is 0.255 e. The summed E-state index contributed by atoms with van der Waals surface area (Å²) in [5.41, 5.74) is 3.49. The monoisotopic (exact) mass is 430 g/mol. The maximum atomic E-state index is 12.4. The van der Waals surface area contributed by atoms with Crippen molar-refractivity contribution in [2.24, 2.45) is 7.05 Å². The standard InChI is InChI=1S/C24H22N4O2S/c1-28-22(18-12-14-21(30-2)15-13-18)26-27-24(28)31-16-17-8-10-19(11-9-17)23(29)25-20-6-4-3-5-7-20/h3-15H,16H2,1-2H3,(H,25,29).